The summed E-state index contributed by atoms with van der Waals surface area (Å²) < 4.78 is 16.2. The minimum absolute atomic E-state index is 0.361. The topological polar surface area (TPSA) is 27.7 Å². The van der Waals surface area contributed by atoms with Gasteiger partial charge in [-0.2, -0.15) is 0 Å². The van der Waals surface area contributed by atoms with Crippen LogP contribution in [-0.2, 0) is 13.6 Å². The van der Waals surface area contributed by atoms with Gasteiger partial charge in [0, 0.05) is 0 Å². The summed E-state index contributed by atoms with van der Waals surface area (Å²) in [6.07, 6.45) is 0. The molecule has 0 radical (unpaired) electrons. The summed E-state index contributed by atoms with van der Waals surface area (Å²) in [7, 11) is -2.84. The monoisotopic (exact) mass is 222 g/mol. The van der Waals surface area contributed by atoms with E-state index in [0.717, 1.165) is 0 Å². The lowest BCUT2D eigenvalue weighted by Gasteiger charge is -2.20. The molecule has 13 heavy (non-hydrogen) atoms. The SMILES string of the molecule is C[Si](C)(C)OCOCO[Si](C)(C)C. The summed E-state index contributed by atoms with van der Waals surface area (Å²) in [5.74, 6) is 0. The highest BCUT2D eigenvalue weighted by molar-refractivity contribution is 6.70. The molecule has 0 aromatic rings. The standard InChI is InChI=1S/C8H22O3Si2/c1-12(2,3)10-7-9-8-11-13(4,5)6/h7-8H2,1-6H3. The molecule has 0 aromatic heterocycles. The van der Waals surface area contributed by atoms with Gasteiger partial charge >= 0.3 is 0 Å². The van der Waals surface area contributed by atoms with Crippen molar-refractivity contribution in [1.29, 1.82) is 0 Å². The van der Waals surface area contributed by atoms with Crippen LogP contribution in [0.25, 0.3) is 0 Å². The molecule has 0 fully saturated rings. The molecule has 0 saturated heterocycles. The molecular weight excluding hydrogens is 200 g/mol. The summed E-state index contributed by atoms with van der Waals surface area (Å²) in [6, 6.07) is 0. The molecule has 3 nitrogen and oxygen atoms in total. The van der Waals surface area contributed by atoms with Gasteiger partial charge in [-0.15, -0.1) is 0 Å². The minimum Gasteiger partial charge on any atom is -0.395 e. The molecule has 80 valence electrons. The van der Waals surface area contributed by atoms with E-state index in [1.54, 1.807) is 0 Å². The van der Waals surface area contributed by atoms with Crippen LogP contribution in [0.3, 0.4) is 0 Å². The van der Waals surface area contributed by atoms with Crippen molar-refractivity contribution in [2.75, 3.05) is 13.6 Å². The highest BCUT2D eigenvalue weighted by Crippen LogP contribution is 2.04. The minimum atomic E-state index is -1.42. The fraction of sp³-hybridized carbons (Fsp3) is 1.00. The quantitative estimate of drug-likeness (QED) is 0.393. The van der Waals surface area contributed by atoms with Gasteiger partial charge in [-0.3, -0.25) is 0 Å². The van der Waals surface area contributed by atoms with Crippen LogP contribution in [-0.4, -0.2) is 30.2 Å². The van der Waals surface area contributed by atoms with E-state index < -0.39 is 16.6 Å². The van der Waals surface area contributed by atoms with E-state index in [1.165, 1.54) is 0 Å². The normalized spacial score (nSPS) is 13.4. The summed E-state index contributed by atoms with van der Waals surface area (Å²) in [5, 5.41) is 0. The zero-order valence-electron chi connectivity index (χ0n) is 9.64. The first kappa shape index (κ1) is 13.3. The molecule has 5 heteroatoms. The fourth-order valence-electron chi connectivity index (χ4n) is 0.471. The Morgan fingerprint density at radius 1 is 0.692 bits per heavy atom. The first-order valence-electron chi connectivity index (χ1n) is 4.56. The molecule has 0 heterocycles. The maximum Gasteiger partial charge on any atom is 0.186 e. The first-order chi connectivity index (χ1) is 5.71. The zero-order chi connectivity index (χ0) is 10.5. The van der Waals surface area contributed by atoms with Crippen molar-refractivity contribution < 1.29 is 13.6 Å². The summed E-state index contributed by atoms with van der Waals surface area (Å²) in [5.41, 5.74) is 0. The van der Waals surface area contributed by atoms with Crippen molar-refractivity contribution >= 4 is 16.6 Å². The fourth-order valence-corrected chi connectivity index (χ4v) is 1.34. The maximum absolute atomic E-state index is 5.50. The van der Waals surface area contributed by atoms with Crippen molar-refractivity contribution in [1.82, 2.24) is 0 Å². The lowest BCUT2D eigenvalue weighted by molar-refractivity contribution is -0.0602. The molecule has 0 aliphatic rings. The van der Waals surface area contributed by atoms with Gasteiger partial charge in [-0.25, -0.2) is 0 Å². The largest absolute Gasteiger partial charge is 0.395 e. The molecule has 0 rings (SSSR count). The van der Waals surface area contributed by atoms with E-state index >= 15 is 0 Å². The van der Waals surface area contributed by atoms with Crippen LogP contribution in [0.4, 0.5) is 0 Å². The van der Waals surface area contributed by atoms with Gasteiger partial charge in [0.1, 0.15) is 13.6 Å². The molecule has 0 amide bonds. The summed E-state index contributed by atoms with van der Waals surface area (Å²) >= 11 is 0. The second-order valence-corrected chi connectivity index (χ2v) is 14.0. The maximum atomic E-state index is 5.50. The number of hydrogen-bond acceptors (Lipinski definition) is 3. The smallest absolute Gasteiger partial charge is 0.186 e. The van der Waals surface area contributed by atoms with Gasteiger partial charge in [0.25, 0.3) is 0 Å². The average Bonchev–Trinajstić information content (AvgIpc) is 1.81. The van der Waals surface area contributed by atoms with Gasteiger partial charge in [0.05, 0.1) is 0 Å². The second-order valence-electron chi connectivity index (χ2n) is 4.95. The van der Waals surface area contributed by atoms with Crippen molar-refractivity contribution in [2.24, 2.45) is 0 Å². The van der Waals surface area contributed by atoms with Crippen LogP contribution >= 0.6 is 0 Å². The highest BCUT2D eigenvalue weighted by atomic mass is 28.4. The Bertz CT molecular complexity index is 121. The van der Waals surface area contributed by atoms with E-state index in [1.807, 2.05) is 0 Å². The molecule has 0 spiro atoms. The number of ether oxygens (including phenoxy) is 1. The van der Waals surface area contributed by atoms with Crippen molar-refractivity contribution in [2.45, 2.75) is 39.3 Å². The highest BCUT2D eigenvalue weighted by Gasteiger charge is 2.15. The third-order valence-corrected chi connectivity index (χ3v) is 3.12. The Morgan fingerprint density at radius 2 is 1.00 bits per heavy atom. The molecular formula is C8H22O3Si2. The number of rotatable bonds is 6. The Hall–Kier alpha value is 0.314. The Labute approximate surface area is 83.6 Å². The summed E-state index contributed by atoms with van der Waals surface area (Å²) in [4.78, 5) is 0. The Morgan fingerprint density at radius 3 is 1.23 bits per heavy atom. The number of hydrogen-bond donors (Lipinski definition) is 0. The van der Waals surface area contributed by atoms with Crippen LogP contribution in [0.15, 0.2) is 0 Å². The van der Waals surface area contributed by atoms with Crippen LogP contribution in [0.1, 0.15) is 0 Å². The van der Waals surface area contributed by atoms with E-state index in [4.69, 9.17) is 13.6 Å². The molecule has 0 aliphatic carbocycles. The molecule has 0 bridgehead atoms. The van der Waals surface area contributed by atoms with Crippen molar-refractivity contribution in [3.05, 3.63) is 0 Å². The third-order valence-electron chi connectivity index (χ3n) is 1.15. The molecule has 0 aliphatic heterocycles. The average molecular weight is 222 g/mol. The predicted octanol–water partition coefficient (Wildman–Crippen LogP) is 2.62. The predicted molar refractivity (Wildman–Crippen MR) is 59.7 cm³/mol. The van der Waals surface area contributed by atoms with Crippen molar-refractivity contribution in [3.8, 4) is 0 Å². The van der Waals surface area contributed by atoms with Crippen LogP contribution in [0.2, 0.25) is 39.3 Å². The zero-order valence-corrected chi connectivity index (χ0v) is 11.6. The first-order valence-corrected chi connectivity index (χ1v) is 11.4. The van der Waals surface area contributed by atoms with Crippen LogP contribution in [0, 0.1) is 0 Å². The van der Waals surface area contributed by atoms with Gasteiger partial charge in [0.15, 0.2) is 16.6 Å². The van der Waals surface area contributed by atoms with E-state index in [-0.39, 0.29) is 0 Å². The van der Waals surface area contributed by atoms with Gasteiger partial charge in [-0.05, 0) is 39.3 Å². The molecule has 0 unspecified atom stereocenters. The molecule has 0 N–H and O–H groups in total. The van der Waals surface area contributed by atoms with Gasteiger partial charge < -0.3 is 13.6 Å². The van der Waals surface area contributed by atoms with Crippen LogP contribution < -0.4 is 0 Å². The molecule has 0 atom stereocenters. The van der Waals surface area contributed by atoms with Crippen LogP contribution in [0.5, 0.6) is 0 Å². The van der Waals surface area contributed by atoms with E-state index in [9.17, 15) is 0 Å². The lowest BCUT2D eigenvalue weighted by Crippen LogP contribution is -2.29. The Kier molecular flexibility index (Phi) is 5.38. The van der Waals surface area contributed by atoms with Gasteiger partial charge in [0.2, 0.25) is 0 Å². The van der Waals surface area contributed by atoms with Crippen molar-refractivity contribution in [3.63, 3.8) is 0 Å². The third kappa shape index (κ3) is 12.3. The second kappa shape index (κ2) is 5.26. The Balaban J connectivity index is 3.28. The summed E-state index contributed by atoms with van der Waals surface area (Å²) in [6.45, 7) is 13.5. The molecule has 0 saturated carbocycles. The molecule has 0 aromatic carbocycles. The van der Waals surface area contributed by atoms with E-state index in [2.05, 4.69) is 39.3 Å². The van der Waals surface area contributed by atoms with Gasteiger partial charge in [-0.1, -0.05) is 0 Å². The van der Waals surface area contributed by atoms with E-state index in [0.29, 0.717) is 13.6 Å². The lowest BCUT2D eigenvalue weighted by atomic mass is 11.4.